The molecule has 0 spiro atoms. The van der Waals surface area contributed by atoms with Crippen molar-refractivity contribution in [2.45, 2.75) is 37.8 Å². The number of aliphatic hydroxyl groups is 1. The van der Waals surface area contributed by atoms with Crippen molar-refractivity contribution in [2.75, 3.05) is 0 Å². The van der Waals surface area contributed by atoms with Crippen molar-refractivity contribution in [3.05, 3.63) is 24.3 Å². The molecule has 0 amide bonds. The summed E-state index contributed by atoms with van der Waals surface area (Å²) >= 11 is 0. The molecule has 0 saturated carbocycles. The van der Waals surface area contributed by atoms with E-state index in [9.17, 15) is 5.11 Å². The SMILES string of the molecule is CC(N)CCC1(O)C=CC=CC1. The summed E-state index contributed by atoms with van der Waals surface area (Å²) in [6.45, 7) is 1.96. The Labute approximate surface area is 73.8 Å². The van der Waals surface area contributed by atoms with Gasteiger partial charge in [0.15, 0.2) is 0 Å². The van der Waals surface area contributed by atoms with Crippen molar-refractivity contribution in [1.82, 2.24) is 0 Å². The Morgan fingerprint density at radius 2 is 2.33 bits per heavy atom. The number of hydrogen-bond donors (Lipinski definition) is 2. The first kappa shape index (κ1) is 9.49. The fourth-order valence-electron chi connectivity index (χ4n) is 1.32. The first-order chi connectivity index (χ1) is 5.62. The summed E-state index contributed by atoms with van der Waals surface area (Å²) in [6, 6.07) is 0.174. The molecule has 2 heteroatoms. The number of nitrogens with two attached hydrogens (primary N) is 1. The minimum Gasteiger partial charge on any atom is -0.385 e. The van der Waals surface area contributed by atoms with Crippen LogP contribution in [0.4, 0.5) is 0 Å². The molecule has 1 aliphatic carbocycles. The summed E-state index contributed by atoms with van der Waals surface area (Å²) < 4.78 is 0. The maximum Gasteiger partial charge on any atom is 0.0865 e. The zero-order valence-corrected chi connectivity index (χ0v) is 7.53. The average molecular weight is 167 g/mol. The Morgan fingerprint density at radius 1 is 1.58 bits per heavy atom. The van der Waals surface area contributed by atoms with E-state index in [4.69, 9.17) is 5.73 Å². The van der Waals surface area contributed by atoms with E-state index in [1.165, 1.54) is 0 Å². The van der Waals surface area contributed by atoms with Crippen molar-refractivity contribution in [1.29, 1.82) is 0 Å². The minimum absolute atomic E-state index is 0.174. The molecule has 68 valence electrons. The second-order valence-electron chi connectivity index (χ2n) is 3.61. The van der Waals surface area contributed by atoms with Gasteiger partial charge in [-0.15, -0.1) is 0 Å². The van der Waals surface area contributed by atoms with Crippen molar-refractivity contribution >= 4 is 0 Å². The van der Waals surface area contributed by atoms with Crippen LogP contribution < -0.4 is 5.73 Å². The maximum absolute atomic E-state index is 9.93. The highest BCUT2D eigenvalue weighted by Gasteiger charge is 2.22. The molecular formula is C10H17NO. The molecule has 0 fully saturated rings. The standard InChI is InChI=1S/C10H17NO/c1-9(11)5-8-10(12)6-3-2-4-7-10/h2-4,6,9,12H,5,7-8,11H2,1H3. The third kappa shape index (κ3) is 2.80. The van der Waals surface area contributed by atoms with Crippen LogP contribution in [0.2, 0.25) is 0 Å². The highest BCUT2D eigenvalue weighted by atomic mass is 16.3. The van der Waals surface area contributed by atoms with Gasteiger partial charge < -0.3 is 10.8 Å². The lowest BCUT2D eigenvalue weighted by Gasteiger charge is -2.25. The monoisotopic (exact) mass is 167 g/mol. The Kier molecular flexibility index (Phi) is 3.06. The molecule has 0 aromatic carbocycles. The van der Waals surface area contributed by atoms with Crippen LogP contribution in [-0.2, 0) is 0 Å². The van der Waals surface area contributed by atoms with Crippen molar-refractivity contribution < 1.29 is 5.11 Å². The predicted octanol–water partition coefficient (Wildman–Crippen LogP) is 1.36. The largest absolute Gasteiger partial charge is 0.385 e. The van der Waals surface area contributed by atoms with Crippen molar-refractivity contribution in [3.8, 4) is 0 Å². The van der Waals surface area contributed by atoms with Gasteiger partial charge >= 0.3 is 0 Å². The Morgan fingerprint density at radius 3 is 2.83 bits per heavy atom. The van der Waals surface area contributed by atoms with Crippen molar-refractivity contribution in [3.63, 3.8) is 0 Å². The second-order valence-corrected chi connectivity index (χ2v) is 3.61. The minimum atomic E-state index is -0.637. The summed E-state index contributed by atoms with van der Waals surface area (Å²) in [5, 5.41) is 9.93. The van der Waals surface area contributed by atoms with Crippen LogP contribution in [0.3, 0.4) is 0 Å². The summed E-state index contributed by atoms with van der Waals surface area (Å²) in [5.41, 5.74) is 4.98. The molecule has 0 aromatic rings. The van der Waals surface area contributed by atoms with E-state index in [0.717, 1.165) is 19.3 Å². The van der Waals surface area contributed by atoms with Gasteiger partial charge in [0.1, 0.15) is 0 Å². The Bertz CT molecular complexity index is 196. The topological polar surface area (TPSA) is 46.2 Å². The van der Waals surface area contributed by atoms with Crippen LogP contribution in [-0.4, -0.2) is 16.7 Å². The van der Waals surface area contributed by atoms with Crippen LogP contribution in [0.25, 0.3) is 0 Å². The molecule has 2 atom stereocenters. The van der Waals surface area contributed by atoms with Crippen LogP contribution in [0.5, 0.6) is 0 Å². The van der Waals surface area contributed by atoms with E-state index < -0.39 is 5.60 Å². The van der Waals surface area contributed by atoms with Gasteiger partial charge in [-0.25, -0.2) is 0 Å². The lowest BCUT2D eigenvalue weighted by molar-refractivity contribution is 0.0795. The van der Waals surface area contributed by atoms with Gasteiger partial charge in [-0.2, -0.15) is 0 Å². The number of allylic oxidation sites excluding steroid dienone is 2. The highest BCUT2D eigenvalue weighted by Crippen LogP contribution is 2.23. The van der Waals surface area contributed by atoms with Gasteiger partial charge in [-0.05, 0) is 26.2 Å². The molecule has 1 aliphatic rings. The predicted molar refractivity (Wildman–Crippen MR) is 50.7 cm³/mol. The molecule has 3 N–H and O–H groups in total. The third-order valence-electron chi connectivity index (χ3n) is 2.16. The van der Waals surface area contributed by atoms with E-state index >= 15 is 0 Å². The summed E-state index contributed by atoms with van der Waals surface area (Å²) in [6.07, 6.45) is 10.0. The van der Waals surface area contributed by atoms with Gasteiger partial charge in [-0.1, -0.05) is 24.3 Å². The lowest BCUT2D eigenvalue weighted by Crippen LogP contribution is -2.29. The van der Waals surface area contributed by atoms with Crippen LogP contribution in [0.15, 0.2) is 24.3 Å². The molecule has 0 aliphatic heterocycles. The molecule has 2 nitrogen and oxygen atoms in total. The summed E-state index contributed by atoms with van der Waals surface area (Å²) in [4.78, 5) is 0. The summed E-state index contributed by atoms with van der Waals surface area (Å²) in [7, 11) is 0. The first-order valence-electron chi connectivity index (χ1n) is 4.45. The smallest absolute Gasteiger partial charge is 0.0865 e. The van der Waals surface area contributed by atoms with Gasteiger partial charge in [0.05, 0.1) is 5.60 Å². The van der Waals surface area contributed by atoms with Gasteiger partial charge in [0, 0.05) is 6.04 Å². The lowest BCUT2D eigenvalue weighted by atomic mass is 9.89. The fraction of sp³-hybridized carbons (Fsp3) is 0.600. The zero-order chi connectivity index (χ0) is 9.03. The molecule has 1 rings (SSSR count). The average Bonchev–Trinajstić information content (AvgIpc) is 2.03. The van der Waals surface area contributed by atoms with E-state index in [1.54, 1.807) is 0 Å². The number of rotatable bonds is 3. The van der Waals surface area contributed by atoms with Crippen molar-refractivity contribution in [2.24, 2.45) is 5.73 Å². The Balaban J connectivity index is 2.39. The maximum atomic E-state index is 9.93. The van der Waals surface area contributed by atoms with E-state index in [0.29, 0.717) is 0 Å². The molecular weight excluding hydrogens is 150 g/mol. The molecule has 12 heavy (non-hydrogen) atoms. The normalized spacial score (nSPS) is 30.6. The van der Waals surface area contributed by atoms with Crippen LogP contribution in [0, 0.1) is 0 Å². The van der Waals surface area contributed by atoms with Gasteiger partial charge in [0.2, 0.25) is 0 Å². The second kappa shape index (κ2) is 3.87. The van der Waals surface area contributed by atoms with Gasteiger partial charge in [-0.3, -0.25) is 0 Å². The van der Waals surface area contributed by atoms with E-state index in [-0.39, 0.29) is 6.04 Å². The molecule has 0 heterocycles. The van der Waals surface area contributed by atoms with Crippen LogP contribution in [0.1, 0.15) is 26.2 Å². The first-order valence-corrected chi connectivity index (χ1v) is 4.45. The fourth-order valence-corrected chi connectivity index (χ4v) is 1.32. The van der Waals surface area contributed by atoms with Gasteiger partial charge in [0.25, 0.3) is 0 Å². The highest BCUT2D eigenvalue weighted by molar-refractivity contribution is 5.17. The number of hydrogen-bond acceptors (Lipinski definition) is 2. The third-order valence-corrected chi connectivity index (χ3v) is 2.16. The quantitative estimate of drug-likeness (QED) is 0.666. The molecule has 2 unspecified atom stereocenters. The molecule has 0 radical (unpaired) electrons. The van der Waals surface area contributed by atoms with E-state index in [2.05, 4.69) is 0 Å². The summed E-state index contributed by atoms with van der Waals surface area (Å²) in [5.74, 6) is 0. The van der Waals surface area contributed by atoms with Crippen LogP contribution >= 0.6 is 0 Å². The molecule has 0 saturated heterocycles. The zero-order valence-electron chi connectivity index (χ0n) is 7.53. The molecule has 0 bridgehead atoms. The molecule has 0 aromatic heterocycles. The van der Waals surface area contributed by atoms with E-state index in [1.807, 2.05) is 31.2 Å². The Hall–Kier alpha value is -0.600.